The fourth-order valence-corrected chi connectivity index (χ4v) is 3.97. The fourth-order valence-electron chi connectivity index (χ4n) is 3.97. The van der Waals surface area contributed by atoms with Gasteiger partial charge in [-0.25, -0.2) is 8.91 Å². The summed E-state index contributed by atoms with van der Waals surface area (Å²) in [6.07, 6.45) is 6.18. The van der Waals surface area contributed by atoms with E-state index in [-0.39, 0.29) is 29.8 Å². The summed E-state index contributed by atoms with van der Waals surface area (Å²) in [5.41, 5.74) is 1.20. The Hall–Kier alpha value is -3.00. The Labute approximate surface area is 167 Å². The number of piperidine rings is 1. The maximum absolute atomic E-state index is 13.2. The van der Waals surface area contributed by atoms with E-state index in [9.17, 15) is 19.1 Å². The highest BCUT2D eigenvalue weighted by Crippen LogP contribution is 2.25. The largest absolute Gasteiger partial charge is 0.392 e. The third-order valence-corrected chi connectivity index (χ3v) is 5.56. The minimum atomic E-state index is -0.396. The second-order valence-corrected chi connectivity index (χ2v) is 7.45. The molecule has 0 spiro atoms. The number of aromatic nitrogens is 3. The van der Waals surface area contributed by atoms with E-state index in [1.807, 2.05) is 11.8 Å². The molecule has 152 valence electrons. The van der Waals surface area contributed by atoms with E-state index in [0.29, 0.717) is 23.4 Å². The molecule has 0 bridgehead atoms. The molecule has 1 aliphatic rings. The van der Waals surface area contributed by atoms with Gasteiger partial charge in [0.2, 0.25) is 5.91 Å². The van der Waals surface area contributed by atoms with Gasteiger partial charge in [0.1, 0.15) is 17.9 Å². The predicted molar refractivity (Wildman–Crippen MR) is 106 cm³/mol. The van der Waals surface area contributed by atoms with Crippen LogP contribution in [0.2, 0.25) is 0 Å². The van der Waals surface area contributed by atoms with Gasteiger partial charge in [0.05, 0.1) is 12.3 Å². The summed E-state index contributed by atoms with van der Waals surface area (Å²) in [7, 11) is 0. The van der Waals surface area contributed by atoms with Crippen molar-refractivity contribution in [2.75, 3.05) is 6.54 Å². The summed E-state index contributed by atoms with van der Waals surface area (Å²) >= 11 is 0. The molecule has 0 saturated carbocycles. The van der Waals surface area contributed by atoms with E-state index in [2.05, 4.69) is 5.10 Å². The molecule has 3 heterocycles. The molecule has 1 N–H and O–H groups in total. The van der Waals surface area contributed by atoms with Crippen LogP contribution in [0.1, 0.15) is 31.7 Å². The molecule has 1 atom stereocenters. The normalized spacial score (nSPS) is 17.1. The Morgan fingerprint density at radius 2 is 2.00 bits per heavy atom. The van der Waals surface area contributed by atoms with Crippen molar-refractivity contribution in [3.63, 3.8) is 0 Å². The van der Waals surface area contributed by atoms with Crippen molar-refractivity contribution in [2.45, 2.75) is 45.4 Å². The maximum atomic E-state index is 13.2. The van der Waals surface area contributed by atoms with Crippen molar-refractivity contribution in [1.82, 2.24) is 19.1 Å². The molecule has 7 nitrogen and oxygen atoms in total. The number of aliphatic hydroxyl groups excluding tert-OH is 1. The Morgan fingerprint density at radius 3 is 2.69 bits per heavy atom. The molecule has 0 aliphatic carbocycles. The second kappa shape index (κ2) is 7.79. The standard InChI is InChI=1S/C21H23FN4O3/c1-14-4-2-3-9-25(14)18(28)12-24-10-11-26-20(21(24)29)17(13-27)19(23-26)15-5-7-16(22)8-6-15/h5-8,10-11,14,27H,2-4,9,12-13H2,1H3. The lowest BCUT2D eigenvalue weighted by atomic mass is 10.0. The number of benzene rings is 1. The Kier molecular flexibility index (Phi) is 5.19. The number of hydrogen-bond donors (Lipinski definition) is 1. The van der Waals surface area contributed by atoms with Gasteiger partial charge in [0.25, 0.3) is 5.56 Å². The van der Waals surface area contributed by atoms with Crippen LogP contribution >= 0.6 is 0 Å². The highest BCUT2D eigenvalue weighted by Gasteiger charge is 2.24. The van der Waals surface area contributed by atoms with Crippen LogP contribution in [0.5, 0.6) is 0 Å². The summed E-state index contributed by atoms with van der Waals surface area (Å²) in [6.45, 7) is 2.29. The lowest BCUT2D eigenvalue weighted by molar-refractivity contribution is -0.135. The summed E-state index contributed by atoms with van der Waals surface area (Å²) in [5, 5.41) is 14.3. The van der Waals surface area contributed by atoms with Gasteiger partial charge in [-0.3, -0.25) is 9.59 Å². The van der Waals surface area contributed by atoms with Crippen LogP contribution in [0, 0.1) is 5.82 Å². The van der Waals surface area contributed by atoms with Gasteiger partial charge in [-0.1, -0.05) is 0 Å². The van der Waals surface area contributed by atoms with Crippen LogP contribution in [-0.2, 0) is 17.9 Å². The third-order valence-electron chi connectivity index (χ3n) is 5.56. The zero-order valence-corrected chi connectivity index (χ0v) is 16.2. The summed E-state index contributed by atoms with van der Waals surface area (Å²) < 4.78 is 16.0. The van der Waals surface area contributed by atoms with Gasteiger partial charge >= 0.3 is 0 Å². The third kappa shape index (κ3) is 3.55. The number of aliphatic hydroxyl groups is 1. The van der Waals surface area contributed by atoms with Crippen molar-refractivity contribution >= 4 is 11.4 Å². The summed E-state index contributed by atoms with van der Waals surface area (Å²) in [6, 6.07) is 5.88. The number of carbonyl (C=O) groups excluding carboxylic acids is 1. The van der Waals surface area contributed by atoms with Crippen molar-refractivity contribution in [3.05, 3.63) is 58.4 Å². The van der Waals surface area contributed by atoms with Gasteiger partial charge in [-0.15, -0.1) is 0 Å². The Bertz CT molecular complexity index is 1100. The SMILES string of the molecule is CC1CCCCN1C(=O)Cn1ccn2nc(-c3ccc(F)cc3)c(CO)c2c1=O. The van der Waals surface area contributed by atoms with Crippen LogP contribution < -0.4 is 5.56 Å². The van der Waals surface area contributed by atoms with E-state index < -0.39 is 12.2 Å². The zero-order chi connectivity index (χ0) is 20.5. The fraction of sp³-hybridized carbons (Fsp3) is 0.381. The maximum Gasteiger partial charge on any atom is 0.277 e. The van der Waals surface area contributed by atoms with Gasteiger partial charge in [0, 0.05) is 36.1 Å². The second-order valence-electron chi connectivity index (χ2n) is 7.45. The first-order chi connectivity index (χ1) is 14.0. The number of hydrogen-bond acceptors (Lipinski definition) is 4. The minimum absolute atomic E-state index is 0.0540. The smallest absolute Gasteiger partial charge is 0.277 e. The molecule has 29 heavy (non-hydrogen) atoms. The topological polar surface area (TPSA) is 79.8 Å². The highest BCUT2D eigenvalue weighted by molar-refractivity contribution is 5.77. The van der Waals surface area contributed by atoms with E-state index in [4.69, 9.17) is 0 Å². The molecular weight excluding hydrogens is 375 g/mol. The molecule has 2 aromatic heterocycles. The number of nitrogens with zero attached hydrogens (tertiary/aromatic N) is 4. The van der Waals surface area contributed by atoms with Crippen LogP contribution in [0.15, 0.2) is 41.5 Å². The average molecular weight is 398 g/mol. The van der Waals surface area contributed by atoms with E-state index in [0.717, 1.165) is 19.3 Å². The van der Waals surface area contributed by atoms with Gasteiger partial charge in [-0.2, -0.15) is 5.10 Å². The average Bonchev–Trinajstić information content (AvgIpc) is 3.10. The minimum Gasteiger partial charge on any atom is -0.392 e. The Balaban J connectivity index is 1.72. The van der Waals surface area contributed by atoms with Crippen LogP contribution in [-0.4, -0.2) is 42.7 Å². The van der Waals surface area contributed by atoms with Crippen LogP contribution in [0.25, 0.3) is 16.8 Å². The van der Waals surface area contributed by atoms with E-state index in [1.165, 1.54) is 27.4 Å². The highest BCUT2D eigenvalue weighted by atomic mass is 19.1. The number of amides is 1. The van der Waals surface area contributed by atoms with Crippen molar-refractivity contribution in [1.29, 1.82) is 0 Å². The number of carbonyl (C=O) groups is 1. The van der Waals surface area contributed by atoms with Gasteiger partial charge in [0.15, 0.2) is 0 Å². The summed E-state index contributed by atoms with van der Waals surface area (Å²) in [4.78, 5) is 27.6. The molecule has 4 rings (SSSR count). The Morgan fingerprint density at radius 1 is 1.24 bits per heavy atom. The molecule has 3 aromatic rings. The van der Waals surface area contributed by atoms with Gasteiger partial charge in [-0.05, 0) is 50.5 Å². The number of fused-ring (bicyclic) bond motifs is 1. The van der Waals surface area contributed by atoms with Crippen molar-refractivity contribution in [2.24, 2.45) is 0 Å². The van der Waals surface area contributed by atoms with E-state index >= 15 is 0 Å². The molecule has 1 aliphatic heterocycles. The van der Waals surface area contributed by atoms with Crippen LogP contribution in [0.4, 0.5) is 4.39 Å². The lowest BCUT2D eigenvalue weighted by Gasteiger charge is -2.33. The molecule has 1 fully saturated rings. The molecule has 1 amide bonds. The predicted octanol–water partition coefficient (Wildman–Crippen LogP) is 2.20. The monoisotopic (exact) mass is 398 g/mol. The molecule has 1 saturated heterocycles. The molecule has 1 unspecified atom stereocenters. The van der Waals surface area contributed by atoms with E-state index in [1.54, 1.807) is 18.3 Å². The van der Waals surface area contributed by atoms with Crippen molar-refractivity contribution < 1.29 is 14.3 Å². The van der Waals surface area contributed by atoms with Crippen molar-refractivity contribution in [3.8, 4) is 11.3 Å². The first kappa shape index (κ1) is 19.3. The molecular formula is C21H23FN4O3. The van der Waals surface area contributed by atoms with Gasteiger partial charge < -0.3 is 14.6 Å². The quantitative estimate of drug-likeness (QED) is 0.731. The molecule has 8 heteroatoms. The first-order valence-corrected chi connectivity index (χ1v) is 9.76. The first-order valence-electron chi connectivity index (χ1n) is 9.76. The zero-order valence-electron chi connectivity index (χ0n) is 16.2. The number of halogens is 1. The van der Waals surface area contributed by atoms with Crippen LogP contribution in [0.3, 0.4) is 0 Å². The molecule has 1 aromatic carbocycles. The number of likely N-dealkylation sites (tertiary alicyclic amines) is 1. The molecule has 0 radical (unpaired) electrons. The number of rotatable bonds is 4. The summed E-state index contributed by atoms with van der Waals surface area (Å²) in [5.74, 6) is -0.469. The lowest BCUT2D eigenvalue weighted by Crippen LogP contribution is -2.44.